The van der Waals surface area contributed by atoms with E-state index in [9.17, 15) is 19.7 Å². The van der Waals surface area contributed by atoms with Crippen LogP contribution in [0.25, 0.3) is 0 Å². The highest BCUT2D eigenvalue weighted by Crippen LogP contribution is 2.32. The number of Topliss-reactive ketones (excluding diaryl/α,β-unsaturated/α-hetero) is 1. The molecule has 3 aromatic rings. The molecule has 3 aromatic carbocycles. The van der Waals surface area contributed by atoms with E-state index >= 15 is 0 Å². The van der Waals surface area contributed by atoms with Crippen molar-refractivity contribution >= 4 is 23.3 Å². The second-order valence-electron chi connectivity index (χ2n) is 7.66. The summed E-state index contributed by atoms with van der Waals surface area (Å²) in [7, 11) is 0. The summed E-state index contributed by atoms with van der Waals surface area (Å²) in [6.45, 7) is 0.113. The molecule has 0 aliphatic carbocycles. The Morgan fingerprint density at radius 1 is 0.938 bits per heavy atom. The summed E-state index contributed by atoms with van der Waals surface area (Å²) in [6, 6.07) is 22.1. The predicted molar refractivity (Wildman–Crippen MR) is 119 cm³/mol. The van der Waals surface area contributed by atoms with Gasteiger partial charge in [-0.15, -0.1) is 0 Å². The fourth-order valence-electron chi connectivity index (χ4n) is 3.92. The van der Waals surface area contributed by atoms with E-state index in [-0.39, 0.29) is 24.5 Å². The zero-order valence-electron chi connectivity index (χ0n) is 17.3. The summed E-state index contributed by atoms with van der Waals surface area (Å²) in [5.41, 5.74) is 3.17. The third-order valence-electron chi connectivity index (χ3n) is 5.55. The molecule has 0 bridgehead atoms. The number of amides is 1. The maximum Gasteiger partial charge on any atom is 0.415 e. The first kappa shape index (κ1) is 21.2. The number of fused-ring (bicyclic) bond motifs is 1. The number of nitrogens with zero attached hydrogens (tertiary/aromatic N) is 2. The minimum Gasteiger partial charge on any atom is -0.444 e. The number of hydrogen-bond donors (Lipinski definition) is 0. The smallest absolute Gasteiger partial charge is 0.415 e. The highest BCUT2D eigenvalue weighted by molar-refractivity contribution is 6.00. The number of aryl methyl sites for hydroxylation is 1. The number of non-ortho nitro benzene ring substituents is 1. The zero-order valence-corrected chi connectivity index (χ0v) is 17.3. The van der Waals surface area contributed by atoms with Crippen LogP contribution in [-0.2, 0) is 29.0 Å². The summed E-state index contributed by atoms with van der Waals surface area (Å²) in [4.78, 5) is 38.1. The van der Waals surface area contributed by atoms with Gasteiger partial charge in [-0.1, -0.05) is 60.7 Å². The zero-order chi connectivity index (χ0) is 22.5. The van der Waals surface area contributed by atoms with Crippen LogP contribution in [0.2, 0.25) is 0 Å². The minimum absolute atomic E-state index is 0.0288. The average Bonchev–Trinajstić information content (AvgIpc) is 2.82. The van der Waals surface area contributed by atoms with Crippen LogP contribution >= 0.6 is 0 Å². The lowest BCUT2D eigenvalue weighted by Crippen LogP contribution is -2.49. The van der Waals surface area contributed by atoms with E-state index in [1.807, 2.05) is 54.6 Å². The maximum absolute atomic E-state index is 13.2. The molecule has 1 unspecified atom stereocenters. The van der Waals surface area contributed by atoms with Gasteiger partial charge in [-0.3, -0.25) is 19.8 Å². The van der Waals surface area contributed by atoms with Gasteiger partial charge in [-0.2, -0.15) is 0 Å². The Bertz CT molecular complexity index is 1130. The van der Waals surface area contributed by atoms with Crippen LogP contribution in [0.15, 0.2) is 78.9 Å². The van der Waals surface area contributed by atoms with E-state index in [1.165, 1.54) is 17.0 Å². The molecule has 7 heteroatoms. The largest absolute Gasteiger partial charge is 0.444 e. The topological polar surface area (TPSA) is 89.8 Å². The maximum atomic E-state index is 13.2. The molecule has 162 valence electrons. The molecule has 1 aliphatic heterocycles. The lowest BCUT2D eigenvalue weighted by molar-refractivity contribution is -0.384. The van der Waals surface area contributed by atoms with Crippen LogP contribution in [-0.4, -0.2) is 22.8 Å². The van der Waals surface area contributed by atoms with Crippen LogP contribution in [0.4, 0.5) is 16.2 Å². The SMILES string of the molecule is O=C(Cc1ccc([N+](=O)[O-])cc1)C1CCc2ccccc2N1C(=O)OCc1ccccc1. The number of para-hydroxylation sites is 1. The van der Waals surface area contributed by atoms with Crippen LogP contribution in [0.5, 0.6) is 0 Å². The summed E-state index contributed by atoms with van der Waals surface area (Å²) >= 11 is 0. The fraction of sp³-hybridized carbons (Fsp3) is 0.200. The lowest BCUT2D eigenvalue weighted by Gasteiger charge is -2.35. The molecule has 0 spiro atoms. The van der Waals surface area contributed by atoms with Crippen LogP contribution in [0.3, 0.4) is 0 Å². The predicted octanol–water partition coefficient (Wildman–Crippen LogP) is 4.86. The molecule has 0 radical (unpaired) electrons. The van der Waals surface area contributed by atoms with Gasteiger partial charge in [0.2, 0.25) is 0 Å². The molecule has 0 saturated carbocycles. The third kappa shape index (κ3) is 4.67. The molecule has 1 aliphatic rings. The number of anilines is 1. The van der Waals surface area contributed by atoms with Crippen molar-refractivity contribution in [2.24, 2.45) is 0 Å². The Morgan fingerprint density at radius 3 is 2.34 bits per heavy atom. The molecule has 32 heavy (non-hydrogen) atoms. The summed E-state index contributed by atoms with van der Waals surface area (Å²) < 4.78 is 5.56. The summed E-state index contributed by atoms with van der Waals surface area (Å²) in [6.07, 6.45) is 0.675. The highest BCUT2D eigenvalue weighted by atomic mass is 16.6. The number of nitro benzene ring substituents is 1. The molecule has 4 rings (SSSR count). The van der Waals surface area contributed by atoms with Crippen LogP contribution in [0, 0.1) is 10.1 Å². The lowest BCUT2D eigenvalue weighted by atomic mass is 9.91. The summed E-state index contributed by atoms with van der Waals surface area (Å²) in [5, 5.41) is 10.9. The van der Waals surface area contributed by atoms with E-state index in [1.54, 1.807) is 12.1 Å². The Kier molecular flexibility index (Phi) is 6.26. The second kappa shape index (κ2) is 9.43. The molecule has 1 heterocycles. The monoisotopic (exact) mass is 430 g/mol. The van der Waals surface area contributed by atoms with Gasteiger partial charge in [0.1, 0.15) is 6.61 Å². The van der Waals surface area contributed by atoms with Crippen molar-refractivity contribution in [2.75, 3.05) is 4.90 Å². The number of ether oxygens (including phenoxy) is 1. The van der Waals surface area contributed by atoms with Crippen molar-refractivity contribution in [1.82, 2.24) is 0 Å². The van der Waals surface area contributed by atoms with Gasteiger partial charge in [0.25, 0.3) is 5.69 Å². The van der Waals surface area contributed by atoms with Gasteiger partial charge in [0, 0.05) is 18.6 Å². The van der Waals surface area contributed by atoms with Gasteiger partial charge in [0.15, 0.2) is 5.78 Å². The van der Waals surface area contributed by atoms with Crippen molar-refractivity contribution in [2.45, 2.75) is 31.9 Å². The second-order valence-corrected chi connectivity index (χ2v) is 7.66. The van der Waals surface area contributed by atoms with Gasteiger partial charge in [0.05, 0.1) is 16.7 Å². The minimum atomic E-state index is -0.664. The number of carbonyl (C=O) groups is 2. The molecule has 7 nitrogen and oxygen atoms in total. The first-order valence-corrected chi connectivity index (χ1v) is 10.4. The molecular weight excluding hydrogens is 408 g/mol. The van der Waals surface area contributed by atoms with E-state index in [0.29, 0.717) is 24.1 Å². The number of hydrogen-bond acceptors (Lipinski definition) is 5. The van der Waals surface area contributed by atoms with E-state index in [2.05, 4.69) is 0 Å². The molecule has 1 amide bonds. The van der Waals surface area contributed by atoms with E-state index in [4.69, 9.17) is 4.74 Å². The van der Waals surface area contributed by atoms with Crippen molar-refractivity contribution in [3.05, 3.63) is 106 Å². The molecule has 0 N–H and O–H groups in total. The number of ketones is 1. The number of carbonyl (C=O) groups excluding carboxylic acids is 2. The van der Waals surface area contributed by atoms with Crippen LogP contribution < -0.4 is 4.90 Å². The van der Waals surface area contributed by atoms with Gasteiger partial charge < -0.3 is 4.74 Å². The molecule has 0 aromatic heterocycles. The quantitative estimate of drug-likeness (QED) is 0.411. The highest BCUT2D eigenvalue weighted by Gasteiger charge is 2.36. The molecule has 0 fully saturated rings. The Morgan fingerprint density at radius 2 is 1.62 bits per heavy atom. The average molecular weight is 430 g/mol. The van der Waals surface area contributed by atoms with E-state index < -0.39 is 17.1 Å². The van der Waals surface area contributed by atoms with Gasteiger partial charge >= 0.3 is 6.09 Å². The standard InChI is InChI=1S/C25H22N2O5/c28-24(16-18-10-13-21(14-11-18)27(30)31)23-15-12-20-8-4-5-9-22(20)26(23)25(29)32-17-19-6-2-1-3-7-19/h1-11,13-14,23H,12,15-17H2. The van der Waals surface area contributed by atoms with Gasteiger partial charge in [-0.25, -0.2) is 4.79 Å². The normalized spacial score (nSPS) is 15.0. The Hall–Kier alpha value is -4.00. The van der Waals surface area contributed by atoms with Crippen molar-refractivity contribution in [3.8, 4) is 0 Å². The molecule has 1 atom stereocenters. The first-order chi connectivity index (χ1) is 15.5. The van der Waals surface area contributed by atoms with Crippen molar-refractivity contribution in [3.63, 3.8) is 0 Å². The molecule has 0 saturated heterocycles. The Balaban J connectivity index is 1.54. The molecular formula is C25H22N2O5. The Labute approximate surface area is 185 Å². The van der Waals surface area contributed by atoms with Gasteiger partial charge in [-0.05, 0) is 35.6 Å². The first-order valence-electron chi connectivity index (χ1n) is 10.4. The van der Waals surface area contributed by atoms with E-state index in [0.717, 1.165) is 11.1 Å². The van der Waals surface area contributed by atoms with Crippen LogP contribution in [0.1, 0.15) is 23.1 Å². The number of benzene rings is 3. The number of nitro groups is 1. The van der Waals surface area contributed by atoms with Crippen molar-refractivity contribution in [1.29, 1.82) is 0 Å². The fourth-order valence-corrected chi connectivity index (χ4v) is 3.92. The third-order valence-corrected chi connectivity index (χ3v) is 5.55. The van der Waals surface area contributed by atoms with Crippen molar-refractivity contribution < 1.29 is 19.2 Å². The number of rotatable bonds is 6. The summed E-state index contributed by atoms with van der Waals surface area (Å²) in [5.74, 6) is -0.134.